The van der Waals surface area contributed by atoms with Crippen molar-refractivity contribution in [2.24, 2.45) is 5.92 Å². The smallest absolute Gasteiger partial charge is 0.256 e. The zero-order valence-electron chi connectivity index (χ0n) is 9.76. The van der Waals surface area contributed by atoms with E-state index in [0.29, 0.717) is 17.7 Å². The van der Waals surface area contributed by atoms with Crippen LogP contribution in [0.25, 0.3) is 0 Å². The normalized spacial score (nSPS) is 19.1. The minimum atomic E-state index is -0.138. The molecule has 84 valence electrons. The number of nitrogens with one attached hydrogen (secondary N) is 1. The average molecular weight is 210 g/mol. The molecule has 0 aromatic heterocycles. The summed E-state index contributed by atoms with van der Waals surface area (Å²) in [5, 5.41) is 3.03. The topological polar surface area (TPSA) is 49.4 Å². The van der Waals surface area contributed by atoms with Crippen molar-refractivity contribution >= 4 is 11.8 Å². The van der Waals surface area contributed by atoms with Gasteiger partial charge in [0.15, 0.2) is 0 Å². The van der Waals surface area contributed by atoms with Crippen LogP contribution >= 0.6 is 0 Å². The van der Waals surface area contributed by atoms with Gasteiger partial charge in [0.25, 0.3) is 11.8 Å². The minimum absolute atomic E-state index is 0.138. The van der Waals surface area contributed by atoms with Gasteiger partial charge in [0.1, 0.15) is 0 Å². The summed E-state index contributed by atoms with van der Waals surface area (Å²) in [6.45, 7) is 6.72. The van der Waals surface area contributed by atoms with Crippen molar-refractivity contribution in [2.75, 3.05) is 20.1 Å². The fraction of sp³-hybridized carbons (Fsp3) is 0.636. The van der Waals surface area contributed by atoms with Crippen molar-refractivity contribution in [2.45, 2.75) is 20.8 Å². The van der Waals surface area contributed by atoms with E-state index in [2.05, 4.69) is 5.32 Å². The summed E-state index contributed by atoms with van der Waals surface area (Å²) in [6, 6.07) is 0. The second-order valence-corrected chi connectivity index (χ2v) is 4.13. The third-order valence-electron chi connectivity index (χ3n) is 2.74. The largest absolute Gasteiger partial charge is 0.319 e. The van der Waals surface area contributed by atoms with Crippen molar-refractivity contribution in [3.8, 4) is 0 Å². The van der Waals surface area contributed by atoms with Crippen LogP contribution in [0.1, 0.15) is 20.8 Å². The van der Waals surface area contributed by atoms with E-state index in [0.717, 1.165) is 6.54 Å². The first-order valence-corrected chi connectivity index (χ1v) is 5.17. The Morgan fingerprint density at radius 1 is 1.20 bits per heavy atom. The molecule has 4 nitrogen and oxygen atoms in total. The van der Waals surface area contributed by atoms with Crippen LogP contribution < -0.4 is 5.32 Å². The molecule has 1 rings (SSSR count). The van der Waals surface area contributed by atoms with Crippen LogP contribution in [-0.2, 0) is 9.59 Å². The molecule has 1 heterocycles. The number of amides is 2. The maximum absolute atomic E-state index is 11.7. The summed E-state index contributed by atoms with van der Waals surface area (Å²) in [4.78, 5) is 24.7. The first kappa shape index (κ1) is 11.9. The van der Waals surface area contributed by atoms with E-state index in [4.69, 9.17) is 0 Å². The molecule has 0 saturated heterocycles. The molecule has 0 spiro atoms. The Labute approximate surface area is 90.3 Å². The third kappa shape index (κ3) is 2.26. The van der Waals surface area contributed by atoms with E-state index in [9.17, 15) is 9.59 Å². The predicted octanol–water partition coefficient (Wildman–Crippen LogP) is 0.547. The van der Waals surface area contributed by atoms with E-state index in [1.54, 1.807) is 13.8 Å². The number of rotatable bonds is 4. The molecule has 0 bridgehead atoms. The first-order valence-electron chi connectivity index (χ1n) is 5.17. The maximum Gasteiger partial charge on any atom is 0.256 e. The lowest BCUT2D eigenvalue weighted by molar-refractivity contribution is -0.138. The zero-order valence-corrected chi connectivity index (χ0v) is 9.76. The number of imide groups is 1. The number of hydrogen-bond acceptors (Lipinski definition) is 3. The molecule has 0 aromatic carbocycles. The van der Waals surface area contributed by atoms with Gasteiger partial charge in [-0.1, -0.05) is 6.92 Å². The molecule has 1 aliphatic rings. The summed E-state index contributed by atoms with van der Waals surface area (Å²) in [7, 11) is 1.86. The Bertz CT molecular complexity index is 297. The quantitative estimate of drug-likeness (QED) is 0.689. The second-order valence-electron chi connectivity index (χ2n) is 4.13. The predicted molar refractivity (Wildman–Crippen MR) is 58.2 cm³/mol. The molecular weight excluding hydrogens is 192 g/mol. The van der Waals surface area contributed by atoms with Gasteiger partial charge in [-0.3, -0.25) is 14.5 Å². The standard InChI is InChI=1S/C11H18N2O2/c1-7(5-12-4)6-13-10(14)8(2)9(3)11(13)15/h7,12H,5-6H2,1-4H3. The molecule has 0 saturated carbocycles. The van der Waals surface area contributed by atoms with Crippen molar-refractivity contribution in [1.29, 1.82) is 0 Å². The number of carbonyl (C=O) groups excluding carboxylic acids is 2. The monoisotopic (exact) mass is 210 g/mol. The minimum Gasteiger partial charge on any atom is -0.319 e. The van der Waals surface area contributed by atoms with Crippen LogP contribution in [0.4, 0.5) is 0 Å². The lowest BCUT2D eigenvalue weighted by atomic mass is 10.1. The molecule has 0 aliphatic carbocycles. The summed E-state index contributed by atoms with van der Waals surface area (Å²) in [6.07, 6.45) is 0. The van der Waals surface area contributed by atoms with Gasteiger partial charge >= 0.3 is 0 Å². The summed E-state index contributed by atoms with van der Waals surface area (Å²) >= 11 is 0. The fourth-order valence-electron chi connectivity index (χ4n) is 1.71. The summed E-state index contributed by atoms with van der Waals surface area (Å²) < 4.78 is 0. The van der Waals surface area contributed by atoms with Gasteiger partial charge in [0, 0.05) is 17.7 Å². The molecule has 0 aromatic rings. The van der Waals surface area contributed by atoms with Crippen molar-refractivity contribution < 1.29 is 9.59 Å². The fourth-order valence-corrected chi connectivity index (χ4v) is 1.71. The first-order chi connectivity index (χ1) is 6.99. The summed E-state index contributed by atoms with van der Waals surface area (Å²) in [5.74, 6) is 0.00232. The highest BCUT2D eigenvalue weighted by molar-refractivity contribution is 6.18. The van der Waals surface area contributed by atoms with E-state index >= 15 is 0 Å². The highest BCUT2D eigenvalue weighted by Gasteiger charge is 2.33. The van der Waals surface area contributed by atoms with Crippen LogP contribution in [0.15, 0.2) is 11.1 Å². The molecule has 4 heteroatoms. The Kier molecular flexibility index (Phi) is 3.63. The van der Waals surface area contributed by atoms with Crippen LogP contribution in [0, 0.1) is 5.92 Å². The molecule has 1 atom stereocenters. The second kappa shape index (κ2) is 4.57. The summed E-state index contributed by atoms with van der Waals surface area (Å²) in [5.41, 5.74) is 1.16. The average Bonchev–Trinajstić information content (AvgIpc) is 2.36. The Morgan fingerprint density at radius 3 is 2.07 bits per heavy atom. The molecular formula is C11H18N2O2. The Hall–Kier alpha value is -1.16. The molecule has 1 unspecified atom stereocenters. The Balaban J connectivity index is 2.68. The van der Waals surface area contributed by atoms with E-state index in [-0.39, 0.29) is 17.7 Å². The number of carbonyl (C=O) groups is 2. The highest BCUT2D eigenvalue weighted by Crippen LogP contribution is 2.20. The SMILES string of the molecule is CNCC(C)CN1C(=O)C(C)=C(C)C1=O. The van der Waals surface area contributed by atoms with Crippen LogP contribution in [0.3, 0.4) is 0 Å². The van der Waals surface area contributed by atoms with Gasteiger partial charge < -0.3 is 5.32 Å². The molecule has 1 N–H and O–H groups in total. The van der Waals surface area contributed by atoms with Gasteiger partial charge in [0.2, 0.25) is 0 Å². The maximum atomic E-state index is 11.7. The van der Waals surface area contributed by atoms with Gasteiger partial charge in [0.05, 0.1) is 0 Å². The molecule has 1 aliphatic heterocycles. The van der Waals surface area contributed by atoms with E-state index < -0.39 is 0 Å². The van der Waals surface area contributed by atoms with E-state index in [1.807, 2.05) is 14.0 Å². The molecule has 0 radical (unpaired) electrons. The molecule has 15 heavy (non-hydrogen) atoms. The van der Waals surface area contributed by atoms with E-state index in [1.165, 1.54) is 4.90 Å². The van der Waals surface area contributed by atoms with Gasteiger partial charge in [-0.2, -0.15) is 0 Å². The van der Waals surface area contributed by atoms with Crippen molar-refractivity contribution in [3.63, 3.8) is 0 Å². The number of nitrogens with zero attached hydrogens (tertiary/aromatic N) is 1. The third-order valence-corrected chi connectivity index (χ3v) is 2.74. The lowest BCUT2D eigenvalue weighted by Crippen LogP contribution is -2.37. The molecule has 0 fully saturated rings. The molecule has 2 amide bonds. The zero-order chi connectivity index (χ0) is 11.6. The van der Waals surface area contributed by atoms with Crippen molar-refractivity contribution in [3.05, 3.63) is 11.1 Å². The van der Waals surface area contributed by atoms with Gasteiger partial charge in [-0.05, 0) is 33.4 Å². The van der Waals surface area contributed by atoms with Crippen LogP contribution in [0.5, 0.6) is 0 Å². The van der Waals surface area contributed by atoms with Gasteiger partial charge in [-0.15, -0.1) is 0 Å². The van der Waals surface area contributed by atoms with Crippen molar-refractivity contribution in [1.82, 2.24) is 10.2 Å². The highest BCUT2D eigenvalue weighted by atomic mass is 16.2. The number of hydrogen-bond donors (Lipinski definition) is 1. The Morgan fingerprint density at radius 2 is 1.67 bits per heavy atom. The van der Waals surface area contributed by atoms with Crippen LogP contribution in [-0.4, -0.2) is 36.9 Å². The van der Waals surface area contributed by atoms with Gasteiger partial charge in [-0.25, -0.2) is 0 Å². The lowest BCUT2D eigenvalue weighted by Gasteiger charge is -2.19. The van der Waals surface area contributed by atoms with Crippen LogP contribution in [0.2, 0.25) is 0 Å².